The molecule has 1 saturated heterocycles. The molecule has 11 heteroatoms. The van der Waals surface area contributed by atoms with Crippen molar-refractivity contribution in [1.82, 2.24) is 9.62 Å². The molecular weight excluding hydrogens is 527 g/mol. The Morgan fingerprint density at radius 1 is 1.33 bits per heavy atom. The number of fused-ring (bicyclic) bond motifs is 2. The summed E-state index contributed by atoms with van der Waals surface area (Å²) in [6.45, 7) is 5.95. The van der Waals surface area contributed by atoms with Crippen molar-refractivity contribution in [2.24, 2.45) is 16.7 Å². The predicted octanol–water partition coefficient (Wildman–Crippen LogP) is 2.22. The van der Waals surface area contributed by atoms with Gasteiger partial charge in [0, 0.05) is 9.84 Å². The van der Waals surface area contributed by atoms with Crippen LogP contribution in [0.5, 0.6) is 0 Å². The largest absolute Gasteiger partial charge is 0.479 e. The van der Waals surface area contributed by atoms with E-state index in [1.54, 1.807) is 0 Å². The molecular formula is C19H27IN2O7S. The first-order valence-electron chi connectivity index (χ1n) is 9.87. The highest BCUT2D eigenvalue weighted by Crippen LogP contribution is 2.66. The molecule has 3 aliphatic rings. The lowest BCUT2D eigenvalue weighted by Crippen LogP contribution is -2.69. The molecule has 30 heavy (non-hydrogen) atoms. The van der Waals surface area contributed by atoms with E-state index in [-0.39, 0.29) is 34.6 Å². The predicted molar refractivity (Wildman–Crippen MR) is 117 cm³/mol. The molecule has 168 valence electrons. The van der Waals surface area contributed by atoms with Crippen LogP contribution in [0.25, 0.3) is 0 Å². The highest BCUT2D eigenvalue weighted by Gasteiger charge is 2.63. The van der Waals surface area contributed by atoms with Crippen LogP contribution in [0.4, 0.5) is 4.79 Å². The standard InChI is InChI=1S/C19H27IN2O7S/c1-18(2)10-4-5-19(18,3)12(6-10)29-17(27)21-15-11(7-20)22(16(15)26)30-9-14(25)28-8-13(23)24/h10-12,15H,4-9H2,1-3H3,(H,21,27)(H,23,24)/t10?,11-,12?,15+,19?/m1/s1. The Labute approximate surface area is 193 Å². The molecule has 9 nitrogen and oxygen atoms in total. The third-order valence-electron chi connectivity index (χ3n) is 7.24. The van der Waals surface area contributed by atoms with Crippen LogP contribution in [0.15, 0.2) is 0 Å². The highest BCUT2D eigenvalue weighted by molar-refractivity contribution is 14.1. The van der Waals surface area contributed by atoms with Gasteiger partial charge in [-0.25, -0.2) is 9.59 Å². The quantitative estimate of drug-likeness (QED) is 0.154. The third kappa shape index (κ3) is 4.11. The second-order valence-corrected chi connectivity index (χ2v) is 10.7. The second kappa shape index (κ2) is 8.71. The number of ether oxygens (including phenoxy) is 2. The third-order valence-corrected chi connectivity index (χ3v) is 9.24. The zero-order valence-corrected chi connectivity index (χ0v) is 20.2. The summed E-state index contributed by atoms with van der Waals surface area (Å²) in [5.74, 6) is -1.91. The first-order valence-corrected chi connectivity index (χ1v) is 12.3. The summed E-state index contributed by atoms with van der Waals surface area (Å²) in [7, 11) is 0. The fraction of sp³-hybridized carbons (Fsp3) is 0.789. The average molecular weight is 554 g/mol. The molecule has 2 aliphatic carbocycles. The van der Waals surface area contributed by atoms with Crippen molar-refractivity contribution in [1.29, 1.82) is 0 Å². The summed E-state index contributed by atoms with van der Waals surface area (Å²) in [6.07, 6.45) is 2.30. The number of rotatable bonds is 8. The number of hydrogen-bond acceptors (Lipinski definition) is 7. The summed E-state index contributed by atoms with van der Waals surface area (Å²) in [5, 5.41) is 11.2. The first-order chi connectivity index (χ1) is 14.0. The van der Waals surface area contributed by atoms with Crippen LogP contribution < -0.4 is 5.32 Å². The van der Waals surface area contributed by atoms with Crippen LogP contribution in [0.2, 0.25) is 0 Å². The van der Waals surface area contributed by atoms with Crippen LogP contribution >= 0.6 is 34.5 Å². The summed E-state index contributed by atoms with van der Waals surface area (Å²) in [6, 6.07) is -0.980. The minimum Gasteiger partial charge on any atom is -0.479 e. The number of hydrogen-bond donors (Lipinski definition) is 2. The number of alkyl halides is 1. The van der Waals surface area contributed by atoms with Crippen molar-refractivity contribution in [2.75, 3.05) is 16.8 Å². The Morgan fingerprint density at radius 3 is 2.57 bits per heavy atom. The van der Waals surface area contributed by atoms with Crippen LogP contribution in [0.1, 0.15) is 40.0 Å². The number of β-lactam (4-membered cyclic amide) rings is 1. The molecule has 1 aliphatic heterocycles. The van der Waals surface area contributed by atoms with Gasteiger partial charge in [0.2, 0.25) is 0 Å². The molecule has 0 aromatic heterocycles. The average Bonchev–Trinajstić information content (AvgIpc) is 3.01. The molecule has 0 radical (unpaired) electrons. The van der Waals surface area contributed by atoms with Gasteiger partial charge in [0.15, 0.2) is 6.61 Å². The summed E-state index contributed by atoms with van der Waals surface area (Å²) in [4.78, 5) is 47.0. The maximum absolute atomic E-state index is 12.5. The van der Waals surface area contributed by atoms with Crippen LogP contribution in [-0.4, -0.2) is 68.3 Å². The highest BCUT2D eigenvalue weighted by atomic mass is 127. The number of carboxylic acid groups (broad SMARTS) is 1. The minimum atomic E-state index is -1.24. The number of nitrogens with one attached hydrogen (secondary N) is 1. The van der Waals surface area contributed by atoms with Crippen LogP contribution in [-0.2, 0) is 23.9 Å². The maximum atomic E-state index is 12.5. The monoisotopic (exact) mass is 554 g/mol. The van der Waals surface area contributed by atoms with Gasteiger partial charge in [-0.15, -0.1) is 0 Å². The van der Waals surface area contributed by atoms with Gasteiger partial charge < -0.3 is 19.9 Å². The van der Waals surface area contributed by atoms with E-state index in [1.165, 1.54) is 4.31 Å². The SMILES string of the molecule is CC1(C)C2CCC1(C)C(OC(=O)N[C@@H]1C(=O)N(SCC(=O)OCC(=O)O)[C@@H]1CI)C2. The van der Waals surface area contributed by atoms with Gasteiger partial charge in [-0.2, -0.15) is 0 Å². The molecule has 0 aromatic rings. The zero-order valence-electron chi connectivity index (χ0n) is 17.2. The van der Waals surface area contributed by atoms with Gasteiger partial charge in [-0.3, -0.25) is 13.9 Å². The number of carbonyl (C=O) groups excluding carboxylic acids is 3. The molecule has 5 atom stereocenters. The van der Waals surface area contributed by atoms with E-state index in [4.69, 9.17) is 9.84 Å². The Bertz CT molecular complexity index is 748. The molecule has 1 heterocycles. The van der Waals surface area contributed by atoms with Gasteiger partial charge in [0.1, 0.15) is 17.9 Å². The fourth-order valence-corrected chi connectivity index (χ4v) is 7.02. The Kier molecular flexibility index (Phi) is 6.80. The smallest absolute Gasteiger partial charge is 0.408 e. The normalized spacial score (nSPS) is 33.7. The number of carboxylic acids is 1. The number of esters is 1. The maximum Gasteiger partial charge on any atom is 0.408 e. The number of aliphatic carboxylic acids is 1. The van der Waals surface area contributed by atoms with Crippen molar-refractivity contribution in [3.05, 3.63) is 0 Å². The van der Waals surface area contributed by atoms with E-state index in [0.717, 1.165) is 31.2 Å². The molecule has 2 saturated carbocycles. The summed E-state index contributed by atoms with van der Waals surface area (Å²) < 4.78 is 12.3. The fourth-order valence-electron chi connectivity index (χ4n) is 4.89. The summed E-state index contributed by atoms with van der Waals surface area (Å²) >= 11 is 3.07. The number of alkyl carbamates (subject to hydrolysis) is 1. The van der Waals surface area contributed by atoms with E-state index in [1.807, 2.05) is 0 Å². The molecule has 2 amide bonds. The molecule has 3 unspecified atom stereocenters. The Hall–Kier alpha value is -1.24. The number of nitrogens with zero attached hydrogens (tertiary/aromatic N) is 1. The van der Waals surface area contributed by atoms with Gasteiger partial charge in [-0.1, -0.05) is 43.4 Å². The lowest BCUT2D eigenvalue weighted by molar-refractivity contribution is -0.153. The lowest BCUT2D eigenvalue weighted by Gasteiger charge is -2.45. The van der Waals surface area contributed by atoms with Gasteiger partial charge in [0.05, 0.1) is 6.04 Å². The van der Waals surface area contributed by atoms with E-state index in [9.17, 15) is 19.2 Å². The van der Waals surface area contributed by atoms with Gasteiger partial charge >= 0.3 is 18.0 Å². The number of carbonyl (C=O) groups is 4. The van der Waals surface area contributed by atoms with Gasteiger partial charge in [0.25, 0.3) is 5.91 Å². The van der Waals surface area contributed by atoms with Crippen molar-refractivity contribution < 1.29 is 33.8 Å². The second-order valence-electron chi connectivity index (χ2n) is 8.84. The van der Waals surface area contributed by atoms with E-state index >= 15 is 0 Å². The van der Waals surface area contributed by atoms with E-state index in [0.29, 0.717) is 10.3 Å². The number of amides is 2. The van der Waals surface area contributed by atoms with Crippen molar-refractivity contribution in [3.8, 4) is 0 Å². The van der Waals surface area contributed by atoms with Crippen molar-refractivity contribution in [3.63, 3.8) is 0 Å². The molecule has 2 N–H and O–H groups in total. The summed E-state index contributed by atoms with van der Waals surface area (Å²) in [5.41, 5.74) is 0.0666. The lowest BCUT2D eigenvalue weighted by atomic mass is 9.70. The Morgan fingerprint density at radius 2 is 2.03 bits per heavy atom. The molecule has 3 rings (SSSR count). The zero-order chi connectivity index (χ0) is 22.3. The minimum absolute atomic E-state index is 0.0561. The molecule has 2 bridgehead atoms. The molecule has 0 aromatic carbocycles. The van der Waals surface area contributed by atoms with Gasteiger partial charge in [-0.05, 0) is 42.5 Å². The van der Waals surface area contributed by atoms with Crippen LogP contribution in [0, 0.1) is 16.7 Å². The Balaban J connectivity index is 1.49. The topological polar surface area (TPSA) is 122 Å². The van der Waals surface area contributed by atoms with E-state index in [2.05, 4.69) is 53.4 Å². The number of halogens is 1. The van der Waals surface area contributed by atoms with E-state index < -0.39 is 30.7 Å². The molecule has 3 fully saturated rings. The molecule has 0 spiro atoms. The van der Waals surface area contributed by atoms with Crippen molar-refractivity contribution >= 4 is 58.5 Å². The first kappa shape index (κ1) is 23.4. The van der Waals surface area contributed by atoms with Crippen LogP contribution in [0.3, 0.4) is 0 Å². The van der Waals surface area contributed by atoms with Crippen molar-refractivity contribution in [2.45, 2.75) is 58.2 Å².